The van der Waals surface area contributed by atoms with Crippen molar-refractivity contribution in [3.63, 3.8) is 0 Å². The Bertz CT molecular complexity index is 418. The van der Waals surface area contributed by atoms with Crippen LogP contribution in [0.4, 0.5) is 0 Å². The predicted molar refractivity (Wildman–Crippen MR) is 85.6 cm³/mol. The zero-order chi connectivity index (χ0) is 14.8. The number of aliphatic hydroxyl groups excluding tert-OH is 1. The maximum absolute atomic E-state index is 9.65. The summed E-state index contributed by atoms with van der Waals surface area (Å²) in [5.74, 6) is 2.14. The molecule has 1 aromatic rings. The fourth-order valence-electron chi connectivity index (χ4n) is 2.08. The van der Waals surface area contributed by atoms with Crippen molar-refractivity contribution >= 4 is 11.8 Å². The lowest BCUT2D eigenvalue weighted by atomic mass is 9.88. The largest absolute Gasteiger partial charge is 0.396 e. The van der Waals surface area contributed by atoms with Gasteiger partial charge in [0.2, 0.25) is 0 Å². The monoisotopic (exact) mass is 292 g/mol. The van der Waals surface area contributed by atoms with Crippen LogP contribution in [-0.4, -0.2) is 29.8 Å². The summed E-state index contributed by atoms with van der Waals surface area (Å²) >= 11 is 1.80. The zero-order valence-corrected chi connectivity index (χ0v) is 13.1. The number of aliphatic hydroxyl groups is 1. The molecule has 2 atom stereocenters. The molecule has 2 N–H and O–H groups in total. The van der Waals surface area contributed by atoms with Crippen molar-refractivity contribution in [2.45, 2.75) is 25.8 Å². The molecule has 2 unspecified atom stereocenters. The van der Waals surface area contributed by atoms with Crippen LogP contribution in [-0.2, 0) is 5.54 Å². The highest BCUT2D eigenvalue weighted by atomic mass is 32.2. The third-order valence-electron chi connectivity index (χ3n) is 3.27. The molecule has 0 saturated carbocycles. The van der Waals surface area contributed by atoms with Crippen molar-refractivity contribution < 1.29 is 5.11 Å². The molecule has 4 heteroatoms. The van der Waals surface area contributed by atoms with Crippen LogP contribution in [0.15, 0.2) is 30.3 Å². The number of rotatable bonds is 9. The maximum Gasteiger partial charge on any atom is 0.133 e. The Morgan fingerprint density at radius 3 is 2.65 bits per heavy atom. The molecule has 110 valence electrons. The molecule has 0 amide bonds. The highest BCUT2D eigenvalue weighted by molar-refractivity contribution is 7.99. The van der Waals surface area contributed by atoms with Gasteiger partial charge in [0.1, 0.15) is 5.54 Å². The molecule has 0 aliphatic rings. The number of hydrogen-bond acceptors (Lipinski definition) is 4. The van der Waals surface area contributed by atoms with Crippen LogP contribution in [0, 0.1) is 17.2 Å². The van der Waals surface area contributed by atoms with Gasteiger partial charge in [-0.2, -0.15) is 17.0 Å². The molecule has 0 aliphatic carbocycles. The fourth-order valence-corrected chi connectivity index (χ4v) is 3.21. The van der Waals surface area contributed by atoms with E-state index in [0.717, 1.165) is 30.0 Å². The molecular weight excluding hydrogens is 268 g/mol. The third kappa shape index (κ3) is 4.82. The molecular formula is C16H24N2OS. The first kappa shape index (κ1) is 17.0. The summed E-state index contributed by atoms with van der Waals surface area (Å²) in [6.07, 6.45) is 0.768. The van der Waals surface area contributed by atoms with Gasteiger partial charge in [-0.1, -0.05) is 44.2 Å². The number of nitrogens with one attached hydrogen (secondary N) is 1. The summed E-state index contributed by atoms with van der Waals surface area (Å²) in [5.41, 5.74) is 0.422. The molecule has 1 rings (SSSR count). The smallest absolute Gasteiger partial charge is 0.133 e. The summed E-state index contributed by atoms with van der Waals surface area (Å²) in [6, 6.07) is 12.4. The molecule has 0 saturated heterocycles. The summed E-state index contributed by atoms with van der Waals surface area (Å²) in [7, 11) is 0. The van der Waals surface area contributed by atoms with E-state index in [1.807, 2.05) is 44.2 Å². The molecule has 0 heterocycles. The van der Waals surface area contributed by atoms with Gasteiger partial charge >= 0.3 is 0 Å². The molecule has 0 fully saturated rings. The van der Waals surface area contributed by atoms with Gasteiger partial charge in [-0.25, -0.2) is 0 Å². The number of benzene rings is 1. The van der Waals surface area contributed by atoms with Gasteiger partial charge in [0.25, 0.3) is 0 Å². The molecule has 0 aromatic heterocycles. The van der Waals surface area contributed by atoms with Gasteiger partial charge in [-0.3, -0.25) is 5.32 Å². The number of nitriles is 1. The summed E-state index contributed by atoms with van der Waals surface area (Å²) in [5, 5.41) is 22.0. The van der Waals surface area contributed by atoms with Crippen LogP contribution >= 0.6 is 11.8 Å². The van der Waals surface area contributed by atoms with Crippen LogP contribution in [0.25, 0.3) is 0 Å². The lowest BCUT2D eigenvalue weighted by Crippen LogP contribution is -2.41. The summed E-state index contributed by atoms with van der Waals surface area (Å²) in [6.45, 7) is 5.05. The Morgan fingerprint density at radius 2 is 2.10 bits per heavy atom. The van der Waals surface area contributed by atoms with E-state index in [-0.39, 0.29) is 6.61 Å². The van der Waals surface area contributed by atoms with E-state index in [2.05, 4.69) is 11.4 Å². The average molecular weight is 292 g/mol. The van der Waals surface area contributed by atoms with Crippen LogP contribution in [0.2, 0.25) is 0 Å². The molecule has 0 spiro atoms. The molecule has 20 heavy (non-hydrogen) atoms. The van der Waals surface area contributed by atoms with E-state index in [9.17, 15) is 5.26 Å². The number of hydrogen-bond donors (Lipinski definition) is 2. The lowest BCUT2D eigenvalue weighted by Gasteiger charge is -2.28. The van der Waals surface area contributed by atoms with E-state index >= 15 is 0 Å². The zero-order valence-electron chi connectivity index (χ0n) is 12.3. The van der Waals surface area contributed by atoms with Crippen molar-refractivity contribution in [2.75, 3.05) is 24.7 Å². The number of nitrogens with zero attached hydrogens (tertiary/aromatic N) is 1. The highest BCUT2D eigenvalue weighted by Crippen LogP contribution is 2.26. The Balaban J connectivity index is 2.68. The van der Waals surface area contributed by atoms with Crippen LogP contribution in [0.5, 0.6) is 0 Å². The minimum Gasteiger partial charge on any atom is -0.396 e. The summed E-state index contributed by atoms with van der Waals surface area (Å²) in [4.78, 5) is 0. The Labute approximate surface area is 126 Å². The first-order valence-corrected chi connectivity index (χ1v) is 8.24. The van der Waals surface area contributed by atoms with Crippen LogP contribution in [0.3, 0.4) is 0 Å². The third-order valence-corrected chi connectivity index (χ3v) is 4.57. The molecule has 1 aromatic carbocycles. The lowest BCUT2D eigenvalue weighted by molar-refractivity contribution is 0.250. The minimum atomic E-state index is -0.606. The van der Waals surface area contributed by atoms with Crippen LogP contribution in [0.1, 0.15) is 25.8 Å². The van der Waals surface area contributed by atoms with Gasteiger partial charge in [0.15, 0.2) is 0 Å². The maximum atomic E-state index is 9.65. The molecule has 0 radical (unpaired) electrons. The Hall–Kier alpha value is -1.02. The number of thioether (sulfide) groups is 1. The highest BCUT2D eigenvalue weighted by Gasteiger charge is 2.30. The van der Waals surface area contributed by atoms with Crippen molar-refractivity contribution in [1.29, 1.82) is 5.26 Å². The standard InChI is InChI=1S/C16H24N2OS/c1-3-18-16(13-17,15-7-5-4-6-8-15)9-10-20-12-14(2)11-19/h4-8,14,18-19H,3,9-12H2,1-2H3. The quantitative estimate of drug-likeness (QED) is 0.687. The minimum absolute atomic E-state index is 0.224. The molecule has 3 nitrogen and oxygen atoms in total. The van der Waals surface area contributed by atoms with Crippen molar-refractivity contribution in [3.05, 3.63) is 35.9 Å². The molecule has 0 bridgehead atoms. The normalized spacial score (nSPS) is 15.3. The predicted octanol–water partition coefficient (Wildman–Crippen LogP) is 2.77. The topological polar surface area (TPSA) is 56.0 Å². The second-order valence-electron chi connectivity index (χ2n) is 5.03. The molecule has 0 aliphatic heterocycles. The van der Waals surface area contributed by atoms with E-state index in [1.165, 1.54) is 0 Å². The second kappa shape index (κ2) is 9.02. The van der Waals surface area contributed by atoms with Crippen LogP contribution < -0.4 is 5.32 Å². The summed E-state index contributed by atoms with van der Waals surface area (Å²) < 4.78 is 0. The van der Waals surface area contributed by atoms with E-state index < -0.39 is 5.54 Å². The van der Waals surface area contributed by atoms with Gasteiger partial charge in [-0.15, -0.1) is 0 Å². The van der Waals surface area contributed by atoms with Gasteiger partial charge < -0.3 is 5.11 Å². The van der Waals surface area contributed by atoms with E-state index in [0.29, 0.717) is 5.92 Å². The SMILES string of the molecule is CCNC(C#N)(CCSCC(C)CO)c1ccccc1. The average Bonchev–Trinajstić information content (AvgIpc) is 2.51. The van der Waals surface area contributed by atoms with Gasteiger partial charge in [0, 0.05) is 6.61 Å². The Kier molecular flexibility index (Phi) is 7.68. The fraction of sp³-hybridized carbons (Fsp3) is 0.562. The van der Waals surface area contributed by atoms with Gasteiger partial charge in [-0.05, 0) is 36.0 Å². The Morgan fingerprint density at radius 1 is 1.40 bits per heavy atom. The van der Waals surface area contributed by atoms with Gasteiger partial charge in [0.05, 0.1) is 6.07 Å². The van der Waals surface area contributed by atoms with E-state index in [4.69, 9.17) is 5.11 Å². The van der Waals surface area contributed by atoms with Crippen molar-refractivity contribution in [3.8, 4) is 6.07 Å². The first-order chi connectivity index (χ1) is 9.68. The second-order valence-corrected chi connectivity index (χ2v) is 6.18. The van der Waals surface area contributed by atoms with Crippen molar-refractivity contribution in [1.82, 2.24) is 5.32 Å². The van der Waals surface area contributed by atoms with Crippen molar-refractivity contribution in [2.24, 2.45) is 5.92 Å². The first-order valence-electron chi connectivity index (χ1n) is 7.09. The van der Waals surface area contributed by atoms with E-state index in [1.54, 1.807) is 11.8 Å².